The smallest absolute Gasteiger partial charge is 0.0821 e. The highest BCUT2D eigenvalue weighted by Gasteiger charge is 2.30. The Morgan fingerprint density at radius 1 is 1.06 bits per heavy atom. The first kappa shape index (κ1) is 13.6. The second kappa shape index (κ2) is 5.44. The maximum absolute atomic E-state index is 10.7. The molecule has 1 nitrogen and oxygen atoms in total. The molecule has 0 radical (unpaired) electrons. The van der Waals surface area contributed by atoms with Crippen molar-refractivity contribution in [3.8, 4) is 0 Å². The minimum Gasteiger partial charge on any atom is -0.388 e. The Balaban J connectivity index is 2.20. The Morgan fingerprint density at radius 2 is 1.67 bits per heavy atom. The van der Waals surface area contributed by atoms with Gasteiger partial charge in [-0.25, -0.2) is 0 Å². The molecular weight excluding hydrogens is 220 g/mol. The second-order valence-electron chi connectivity index (χ2n) is 6.41. The summed E-state index contributed by atoms with van der Waals surface area (Å²) in [6.45, 7) is 8.89. The van der Waals surface area contributed by atoms with Crippen LogP contribution in [0.1, 0.15) is 55.9 Å². The first-order valence-electron chi connectivity index (χ1n) is 7.23. The van der Waals surface area contributed by atoms with Gasteiger partial charge in [0.05, 0.1) is 6.10 Å². The Kier molecular flexibility index (Phi) is 4.11. The zero-order valence-electron chi connectivity index (χ0n) is 12.1. The Morgan fingerprint density at radius 3 is 2.28 bits per heavy atom. The fourth-order valence-electron chi connectivity index (χ4n) is 3.62. The molecular formula is C17H26O. The van der Waals surface area contributed by atoms with E-state index in [1.807, 2.05) is 0 Å². The van der Waals surface area contributed by atoms with Crippen molar-refractivity contribution in [2.45, 2.75) is 53.1 Å². The number of rotatable bonds is 2. The summed E-state index contributed by atoms with van der Waals surface area (Å²) >= 11 is 0. The van der Waals surface area contributed by atoms with Crippen LogP contribution < -0.4 is 0 Å². The highest BCUT2D eigenvalue weighted by atomic mass is 16.3. The van der Waals surface area contributed by atoms with Gasteiger partial charge in [0.1, 0.15) is 0 Å². The van der Waals surface area contributed by atoms with Crippen LogP contribution in [-0.2, 0) is 0 Å². The molecule has 1 aliphatic carbocycles. The predicted octanol–water partition coefficient (Wildman–Crippen LogP) is 4.41. The van der Waals surface area contributed by atoms with Crippen LogP contribution in [0, 0.1) is 31.6 Å². The SMILES string of the molecule is Cc1cccc(C(O)C2CC(C)CC(C)C2)c1C. The van der Waals surface area contributed by atoms with Gasteiger partial charge in [0.15, 0.2) is 0 Å². The van der Waals surface area contributed by atoms with Crippen LogP contribution in [0.15, 0.2) is 18.2 Å². The third-order valence-corrected chi connectivity index (χ3v) is 4.63. The van der Waals surface area contributed by atoms with Crippen LogP contribution in [0.2, 0.25) is 0 Å². The maximum Gasteiger partial charge on any atom is 0.0821 e. The van der Waals surface area contributed by atoms with Crippen LogP contribution in [0.3, 0.4) is 0 Å². The van der Waals surface area contributed by atoms with E-state index >= 15 is 0 Å². The molecule has 3 unspecified atom stereocenters. The average molecular weight is 246 g/mol. The highest BCUT2D eigenvalue weighted by molar-refractivity contribution is 5.34. The highest BCUT2D eigenvalue weighted by Crippen LogP contribution is 2.40. The van der Waals surface area contributed by atoms with Crippen molar-refractivity contribution in [2.24, 2.45) is 17.8 Å². The first-order chi connectivity index (χ1) is 8.49. The van der Waals surface area contributed by atoms with Crippen molar-refractivity contribution in [1.82, 2.24) is 0 Å². The molecule has 3 atom stereocenters. The predicted molar refractivity (Wildman–Crippen MR) is 76.5 cm³/mol. The van der Waals surface area contributed by atoms with Gasteiger partial charge >= 0.3 is 0 Å². The van der Waals surface area contributed by atoms with Crippen LogP contribution in [-0.4, -0.2) is 5.11 Å². The van der Waals surface area contributed by atoms with Crippen molar-refractivity contribution < 1.29 is 5.11 Å². The van der Waals surface area contributed by atoms with E-state index < -0.39 is 0 Å². The van der Waals surface area contributed by atoms with Crippen molar-refractivity contribution >= 4 is 0 Å². The first-order valence-corrected chi connectivity index (χ1v) is 7.23. The number of aliphatic hydroxyl groups is 1. The monoisotopic (exact) mass is 246 g/mol. The van der Waals surface area contributed by atoms with Gasteiger partial charge in [0, 0.05) is 0 Å². The molecule has 100 valence electrons. The molecule has 0 aliphatic heterocycles. The van der Waals surface area contributed by atoms with Crippen molar-refractivity contribution in [1.29, 1.82) is 0 Å². The lowest BCUT2D eigenvalue weighted by atomic mass is 9.73. The van der Waals surface area contributed by atoms with Crippen LogP contribution in [0.25, 0.3) is 0 Å². The van der Waals surface area contributed by atoms with Crippen molar-refractivity contribution in [3.63, 3.8) is 0 Å². The van der Waals surface area contributed by atoms with Crippen LogP contribution in [0.4, 0.5) is 0 Å². The van der Waals surface area contributed by atoms with E-state index in [1.165, 1.54) is 30.4 Å². The summed E-state index contributed by atoms with van der Waals surface area (Å²) in [6.07, 6.45) is 3.36. The third-order valence-electron chi connectivity index (χ3n) is 4.63. The molecule has 1 aliphatic rings. The van der Waals surface area contributed by atoms with E-state index in [4.69, 9.17) is 0 Å². The normalized spacial score (nSPS) is 30.2. The summed E-state index contributed by atoms with van der Waals surface area (Å²) in [5.41, 5.74) is 3.68. The van der Waals surface area contributed by atoms with E-state index in [-0.39, 0.29) is 6.10 Å². The van der Waals surface area contributed by atoms with Crippen LogP contribution in [0.5, 0.6) is 0 Å². The summed E-state index contributed by atoms with van der Waals surface area (Å²) in [5, 5.41) is 10.7. The lowest BCUT2D eigenvalue weighted by Crippen LogP contribution is -2.25. The zero-order valence-corrected chi connectivity index (χ0v) is 12.1. The molecule has 0 bridgehead atoms. The van der Waals surface area contributed by atoms with Gasteiger partial charge in [-0.1, -0.05) is 32.0 Å². The van der Waals surface area contributed by atoms with Crippen LogP contribution >= 0.6 is 0 Å². The molecule has 0 saturated heterocycles. The second-order valence-corrected chi connectivity index (χ2v) is 6.41. The minimum atomic E-state index is -0.282. The van der Waals surface area contributed by atoms with Gasteiger partial charge in [-0.3, -0.25) is 0 Å². The molecule has 1 N–H and O–H groups in total. The Bertz CT molecular complexity index is 400. The number of aryl methyl sites for hydroxylation is 1. The molecule has 1 aromatic rings. The largest absolute Gasteiger partial charge is 0.388 e. The molecule has 1 heteroatoms. The fourth-order valence-corrected chi connectivity index (χ4v) is 3.62. The van der Waals surface area contributed by atoms with E-state index in [9.17, 15) is 5.11 Å². The molecule has 0 amide bonds. The van der Waals surface area contributed by atoms with E-state index in [2.05, 4.69) is 45.9 Å². The average Bonchev–Trinajstić information content (AvgIpc) is 2.30. The molecule has 0 heterocycles. The summed E-state index contributed by atoms with van der Waals surface area (Å²) in [6, 6.07) is 6.28. The van der Waals surface area contributed by atoms with E-state index in [1.54, 1.807) is 0 Å². The molecule has 0 aromatic heterocycles. The number of hydrogen-bond acceptors (Lipinski definition) is 1. The molecule has 2 rings (SSSR count). The van der Waals surface area contributed by atoms with Gasteiger partial charge < -0.3 is 5.11 Å². The standard InChI is InChI=1S/C17H26O/c1-11-8-12(2)10-15(9-11)17(18)16-7-5-6-13(3)14(16)4/h5-7,11-12,15,17-18H,8-10H2,1-4H3. The quantitative estimate of drug-likeness (QED) is 0.819. The summed E-state index contributed by atoms with van der Waals surface area (Å²) in [7, 11) is 0. The Labute approximate surface area is 111 Å². The summed E-state index contributed by atoms with van der Waals surface area (Å²) in [4.78, 5) is 0. The minimum absolute atomic E-state index is 0.282. The summed E-state index contributed by atoms with van der Waals surface area (Å²) < 4.78 is 0. The molecule has 1 saturated carbocycles. The van der Waals surface area contributed by atoms with Crippen molar-refractivity contribution in [2.75, 3.05) is 0 Å². The zero-order chi connectivity index (χ0) is 13.3. The van der Waals surface area contributed by atoms with Gasteiger partial charge in [-0.2, -0.15) is 0 Å². The Hall–Kier alpha value is -0.820. The topological polar surface area (TPSA) is 20.2 Å². The van der Waals surface area contributed by atoms with Gasteiger partial charge in [0.2, 0.25) is 0 Å². The molecule has 1 fully saturated rings. The molecule has 0 spiro atoms. The third kappa shape index (κ3) is 2.77. The lowest BCUT2D eigenvalue weighted by molar-refractivity contribution is 0.0547. The summed E-state index contributed by atoms with van der Waals surface area (Å²) in [5.74, 6) is 1.93. The van der Waals surface area contributed by atoms with Gasteiger partial charge in [-0.05, 0) is 67.6 Å². The van der Waals surface area contributed by atoms with Crippen molar-refractivity contribution in [3.05, 3.63) is 34.9 Å². The maximum atomic E-state index is 10.7. The molecule has 1 aromatic carbocycles. The lowest BCUT2D eigenvalue weighted by Gasteiger charge is -2.35. The van der Waals surface area contributed by atoms with E-state index in [0.717, 1.165) is 17.4 Å². The van der Waals surface area contributed by atoms with E-state index in [0.29, 0.717) is 5.92 Å². The fraction of sp³-hybridized carbons (Fsp3) is 0.647. The van der Waals surface area contributed by atoms with Gasteiger partial charge in [-0.15, -0.1) is 0 Å². The number of benzene rings is 1. The number of aliphatic hydroxyl groups excluding tert-OH is 1. The molecule has 18 heavy (non-hydrogen) atoms. The number of hydrogen-bond donors (Lipinski definition) is 1. The van der Waals surface area contributed by atoms with Gasteiger partial charge in [0.25, 0.3) is 0 Å².